The lowest BCUT2D eigenvalue weighted by atomic mass is 10.1. The van der Waals surface area contributed by atoms with E-state index in [1.54, 1.807) is 7.05 Å². The molecule has 1 aliphatic rings. The summed E-state index contributed by atoms with van der Waals surface area (Å²) in [6.45, 7) is 4.30. The second-order valence-corrected chi connectivity index (χ2v) is 5.11. The number of hydrogen-bond acceptors (Lipinski definition) is 2. The number of anilines is 1. The SMILES string of the molecule is CCC(Nc1cc(C(=O)NC)ccc1C)C1CC1. The van der Waals surface area contributed by atoms with Gasteiger partial charge in [-0.25, -0.2) is 0 Å². The van der Waals surface area contributed by atoms with Crippen LogP contribution in [0.15, 0.2) is 18.2 Å². The molecule has 2 N–H and O–H groups in total. The highest BCUT2D eigenvalue weighted by molar-refractivity contribution is 5.95. The van der Waals surface area contributed by atoms with Gasteiger partial charge in [-0.2, -0.15) is 0 Å². The molecule has 1 fully saturated rings. The summed E-state index contributed by atoms with van der Waals surface area (Å²) in [7, 11) is 1.66. The van der Waals surface area contributed by atoms with Crippen molar-refractivity contribution in [2.45, 2.75) is 39.2 Å². The average molecular weight is 246 g/mol. The van der Waals surface area contributed by atoms with Crippen LogP contribution in [0.25, 0.3) is 0 Å². The Labute approximate surface area is 109 Å². The number of nitrogens with one attached hydrogen (secondary N) is 2. The van der Waals surface area contributed by atoms with Crippen LogP contribution in [0.3, 0.4) is 0 Å². The Balaban J connectivity index is 2.17. The maximum atomic E-state index is 11.6. The highest BCUT2D eigenvalue weighted by Gasteiger charge is 2.30. The second-order valence-electron chi connectivity index (χ2n) is 5.11. The van der Waals surface area contributed by atoms with Crippen LogP contribution in [0.4, 0.5) is 5.69 Å². The Morgan fingerprint density at radius 3 is 2.72 bits per heavy atom. The van der Waals surface area contributed by atoms with E-state index in [2.05, 4.69) is 24.5 Å². The van der Waals surface area contributed by atoms with Crippen LogP contribution in [0, 0.1) is 12.8 Å². The fraction of sp³-hybridized carbons (Fsp3) is 0.533. The van der Waals surface area contributed by atoms with Gasteiger partial charge in [0, 0.05) is 24.3 Å². The van der Waals surface area contributed by atoms with E-state index in [0.717, 1.165) is 23.6 Å². The molecule has 1 aromatic carbocycles. The molecule has 0 aliphatic heterocycles. The molecular formula is C15H22N2O. The van der Waals surface area contributed by atoms with Crippen molar-refractivity contribution in [1.82, 2.24) is 5.32 Å². The van der Waals surface area contributed by atoms with E-state index in [4.69, 9.17) is 0 Å². The second kappa shape index (κ2) is 5.42. The maximum absolute atomic E-state index is 11.6. The van der Waals surface area contributed by atoms with E-state index >= 15 is 0 Å². The molecule has 3 heteroatoms. The molecule has 0 spiro atoms. The number of hydrogen-bond donors (Lipinski definition) is 2. The molecule has 1 atom stereocenters. The van der Waals surface area contributed by atoms with Gasteiger partial charge in [-0.15, -0.1) is 0 Å². The van der Waals surface area contributed by atoms with Crippen molar-refractivity contribution in [3.05, 3.63) is 29.3 Å². The van der Waals surface area contributed by atoms with Gasteiger partial charge in [-0.1, -0.05) is 13.0 Å². The molecule has 1 aromatic rings. The van der Waals surface area contributed by atoms with Crippen LogP contribution in [0.2, 0.25) is 0 Å². The average Bonchev–Trinajstić information content (AvgIpc) is 3.21. The molecule has 3 nitrogen and oxygen atoms in total. The highest BCUT2D eigenvalue weighted by atomic mass is 16.1. The van der Waals surface area contributed by atoms with Crippen molar-refractivity contribution >= 4 is 11.6 Å². The molecule has 1 aliphatic carbocycles. The standard InChI is InChI=1S/C15H22N2O/c1-4-13(11-7-8-11)17-14-9-12(15(18)16-3)6-5-10(14)2/h5-6,9,11,13,17H,4,7-8H2,1-3H3,(H,16,18). The summed E-state index contributed by atoms with van der Waals surface area (Å²) >= 11 is 0. The van der Waals surface area contributed by atoms with E-state index in [-0.39, 0.29) is 5.91 Å². The summed E-state index contributed by atoms with van der Waals surface area (Å²) in [5, 5.41) is 6.26. The van der Waals surface area contributed by atoms with E-state index < -0.39 is 0 Å². The molecule has 1 saturated carbocycles. The first kappa shape index (κ1) is 12.9. The Hall–Kier alpha value is -1.51. The third kappa shape index (κ3) is 2.84. The van der Waals surface area contributed by atoms with Crippen molar-refractivity contribution < 1.29 is 4.79 Å². The molecule has 98 valence electrons. The highest BCUT2D eigenvalue weighted by Crippen LogP contribution is 2.36. The number of aryl methyl sites for hydroxylation is 1. The lowest BCUT2D eigenvalue weighted by molar-refractivity contribution is 0.0963. The molecule has 0 heterocycles. The molecule has 1 unspecified atom stereocenters. The number of carbonyl (C=O) groups excluding carboxylic acids is 1. The van der Waals surface area contributed by atoms with Gasteiger partial charge in [0.25, 0.3) is 5.91 Å². The smallest absolute Gasteiger partial charge is 0.251 e. The van der Waals surface area contributed by atoms with Gasteiger partial charge in [0.05, 0.1) is 0 Å². The third-order valence-electron chi connectivity index (χ3n) is 3.70. The molecule has 0 aromatic heterocycles. The van der Waals surface area contributed by atoms with Gasteiger partial charge in [-0.3, -0.25) is 4.79 Å². The number of rotatable bonds is 5. The van der Waals surface area contributed by atoms with Gasteiger partial charge >= 0.3 is 0 Å². The topological polar surface area (TPSA) is 41.1 Å². The zero-order valence-corrected chi connectivity index (χ0v) is 11.4. The minimum absolute atomic E-state index is 0.0301. The van der Waals surface area contributed by atoms with Crippen LogP contribution in [-0.2, 0) is 0 Å². The summed E-state index contributed by atoms with van der Waals surface area (Å²) < 4.78 is 0. The van der Waals surface area contributed by atoms with Crippen LogP contribution in [0.5, 0.6) is 0 Å². The van der Waals surface area contributed by atoms with Crippen LogP contribution < -0.4 is 10.6 Å². The van der Waals surface area contributed by atoms with E-state index in [0.29, 0.717) is 6.04 Å². The summed E-state index contributed by atoms with van der Waals surface area (Å²) in [5.74, 6) is 0.788. The first-order chi connectivity index (χ1) is 8.65. The van der Waals surface area contributed by atoms with Crippen LogP contribution in [-0.4, -0.2) is 19.0 Å². The van der Waals surface area contributed by atoms with Crippen LogP contribution in [0.1, 0.15) is 42.1 Å². The molecular weight excluding hydrogens is 224 g/mol. The molecule has 1 amide bonds. The van der Waals surface area contributed by atoms with Gasteiger partial charge in [0.15, 0.2) is 0 Å². The molecule has 0 radical (unpaired) electrons. The van der Waals surface area contributed by atoms with E-state index in [1.807, 2.05) is 18.2 Å². The molecule has 0 bridgehead atoms. The Kier molecular flexibility index (Phi) is 3.90. The molecule has 18 heavy (non-hydrogen) atoms. The maximum Gasteiger partial charge on any atom is 0.251 e. The van der Waals surface area contributed by atoms with Crippen molar-refractivity contribution in [2.75, 3.05) is 12.4 Å². The van der Waals surface area contributed by atoms with Gasteiger partial charge in [-0.05, 0) is 49.8 Å². The number of amides is 1. The summed E-state index contributed by atoms with van der Waals surface area (Å²) in [6.07, 6.45) is 3.80. The van der Waals surface area contributed by atoms with Crippen molar-refractivity contribution in [3.63, 3.8) is 0 Å². The predicted octanol–water partition coefficient (Wildman–Crippen LogP) is 2.96. The third-order valence-corrected chi connectivity index (χ3v) is 3.70. The predicted molar refractivity (Wildman–Crippen MR) is 75.0 cm³/mol. The van der Waals surface area contributed by atoms with E-state index in [9.17, 15) is 4.79 Å². The van der Waals surface area contributed by atoms with Crippen molar-refractivity contribution in [3.8, 4) is 0 Å². The normalized spacial score (nSPS) is 16.2. The van der Waals surface area contributed by atoms with E-state index in [1.165, 1.54) is 18.4 Å². The van der Waals surface area contributed by atoms with Gasteiger partial charge in [0.1, 0.15) is 0 Å². The lowest BCUT2D eigenvalue weighted by Crippen LogP contribution is -2.22. The minimum atomic E-state index is -0.0301. The van der Waals surface area contributed by atoms with Crippen LogP contribution >= 0.6 is 0 Å². The Morgan fingerprint density at radius 2 is 2.17 bits per heavy atom. The first-order valence-corrected chi connectivity index (χ1v) is 6.75. The first-order valence-electron chi connectivity index (χ1n) is 6.75. The molecule has 2 rings (SSSR count). The largest absolute Gasteiger partial charge is 0.382 e. The van der Waals surface area contributed by atoms with Crippen molar-refractivity contribution in [1.29, 1.82) is 0 Å². The zero-order chi connectivity index (χ0) is 13.1. The Bertz CT molecular complexity index is 438. The van der Waals surface area contributed by atoms with Gasteiger partial charge in [0.2, 0.25) is 0 Å². The fourth-order valence-corrected chi connectivity index (χ4v) is 2.31. The summed E-state index contributed by atoms with van der Waals surface area (Å²) in [4.78, 5) is 11.6. The minimum Gasteiger partial charge on any atom is -0.382 e. The summed E-state index contributed by atoms with van der Waals surface area (Å²) in [5.41, 5.74) is 3.01. The monoisotopic (exact) mass is 246 g/mol. The zero-order valence-electron chi connectivity index (χ0n) is 11.4. The fourth-order valence-electron chi connectivity index (χ4n) is 2.31. The number of benzene rings is 1. The summed E-state index contributed by atoms with van der Waals surface area (Å²) in [6, 6.07) is 6.38. The number of carbonyl (C=O) groups is 1. The molecule has 0 saturated heterocycles. The lowest BCUT2D eigenvalue weighted by Gasteiger charge is -2.19. The van der Waals surface area contributed by atoms with Gasteiger partial charge < -0.3 is 10.6 Å². The van der Waals surface area contributed by atoms with Crippen molar-refractivity contribution in [2.24, 2.45) is 5.92 Å². The quantitative estimate of drug-likeness (QED) is 0.838. The Morgan fingerprint density at radius 1 is 1.44 bits per heavy atom.